The lowest BCUT2D eigenvalue weighted by Gasteiger charge is -2.24. The normalized spacial score (nSPS) is 15.5. The molecule has 0 fully saturated rings. The maximum atomic E-state index is 12.8. The van der Waals surface area contributed by atoms with Crippen molar-refractivity contribution in [1.29, 1.82) is 0 Å². The lowest BCUT2D eigenvalue weighted by molar-refractivity contribution is -0.125. The minimum Gasteiger partial charge on any atom is -0.496 e. The van der Waals surface area contributed by atoms with Crippen LogP contribution in [0.4, 0.5) is 11.5 Å². The number of nitrogens with zero attached hydrogens (tertiary/aromatic N) is 2. The SMILES string of the molecule is COc1ccccc1-c1cnn2c1NC(=O)CC2C(=O)Nc1ccc(Br)cc1. The van der Waals surface area contributed by atoms with Crippen LogP contribution in [0.5, 0.6) is 5.75 Å². The Morgan fingerprint density at radius 3 is 2.71 bits per heavy atom. The summed E-state index contributed by atoms with van der Waals surface area (Å²) < 4.78 is 7.89. The fraction of sp³-hybridized carbons (Fsp3) is 0.150. The minimum absolute atomic E-state index is 0.0163. The summed E-state index contributed by atoms with van der Waals surface area (Å²) in [7, 11) is 1.59. The van der Waals surface area contributed by atoms with E-state index in [9.17, 15) is 9.59 Å². The molecule has 1 aliphatic rings. The molecule has 1 atom stereocenters. The van der Waals surface area contributed by atoms with Crippen LogP contribution in [-0.2, 0) is 9.59 Å². The molecule has 0 aliphatic carbocycles. The Morgan fingerprint density at radius 1 is 1.21 bits per heavy atom. The van der Waals surface area contributed by atoms with Crippen LogP contribution in [0, 0.1) is 0 Å². The minimum atomic E-state index is -0.740. The number of methoxy groups -OCH3 is 1. The number of para-hydroxylation sites is 1. The van der Waals surface area contributed by atoms with E-state index < -0.39 is 6.04 Å². The second kappa shape index (κ2) is 7.47. The number of hydrogen-bond acceptors (Lipinski definition) is 4. The summed E-state index contributed by atoms with van der Waals surface area (Å²) in [5.41, 5.74) is 2.14. The lowest BCUT2D eigenvalue weighted by atomic mass is 10.1. The quantitative estimate of drug-likeness (QED) is 0.645. The molecule has 28 heavy (non-hydrogen) atoms. The predicted molar refractivity (Wildman–Crippen MR) is 109 cm³/mol. The summed E-state index contributed by atoms with van der Waals surface area (Å²) in [5.74, 6) is 0.610. The van der Waals surface area contributed by atoms with Gasteiger partial charge in [-0.2, -0.15) is 5.10 Å². The van der Waals surface area contributed by atoms with Gasteiger partial charge in [0.05, 0.1) is 19.7 Å². The predicted octanol–water partition coefficient (Wildman–Crippen LogP) is 3.84. The first-order valence-corrected chi connectivity index (χ1v) is 9.43. The largest absolute Gasteiger partial charge is 0.496 e. The number of carbonyl (C=O) groups is 2. The van der Waals surface area contributed by atoms with E-state index in [0.717, 1.165) is 10.0 Å². The van der Waals surface area contributed by atoms with Gasteiger partial charge in [0, 0.05) is 21.3 Å². The Labute approximate surface area is 169 Å². The van der Waals surface area contributed by atoms with Gasteiger partial charge in [-0.05, 0) is 30.3 Å². The molecule has 3 aromatic rings. The third-order valence-corrected chi connectivity index (χ3v) is 5.07. The van der Waals surface area contributed by atoms with Gasteiger partial charge in [-0.25, -0.2) is 4.68 Å². The fourth-order valence-electron chi connectivity index (χ4n) is 3.20. The van der Waals surface area contributed by atoms with Crippen molar-refractivity contribution in [1.82, 2.24) is 9.78 Å². The van der Waals surface area contributed by atoms with Gasteiger partial charge in [0.2, 0.25) is 11.8 Å². The number of amides is 2. The molecule has 8 heteroatoms. The average molecular weight is 441 g/mol. The molecule has 1 aromatic heterocycles. The molecule has 2 N–H and O–H groups in total. The molecule has 0 saturated heterocycles. The number of benzene rings is 2. The van der Waals surface area contributed by atoms with Crippen molar-refractivity contribution < 1.29 is 14.3 Å². The smallest absolute Gasteiger partial charge is 0.249 e. The van der Waals surface area contributed by atoms with Crippen LogP contribution < -0.4 is 15.4 Å². The Balaban J connectivity index is 1.68. The molecular weight excluding hydrogens is 424 g/mol. The zero-order valence-corrected chi connectivity index (χ0v) is 16.6. The molecule has 2 amide bonds. The van der Waals surface area contributed by atoms with Crippen molar-refractivity contribution >= 4 is 39.2 Å². The summed E-state index contributed by atoms with van der Waals surface area (Å²) in [4.78, 5) is 25.1. The van der Waals surface area contributed by atoms with Gasteiger partial charge in [0.15, 0.2) is 0 Å². The highest BCUT2D eigenvalue weighted by molar-refractivity contribution is 9.10. The van der Waals surface area contributed by atoms with Crippen LogP contribution in [-0.4, -0.2) is 28.7 Å². The van der Waals surface area contributed by atoms with Gasteiger partial charge in [-0.3, -0.25) is 9.59 Å². The zero-order chi connectivity index (χ0) is 19.7. The molecule has 1 unspecified atom stereocenters. The number of fused-ring (bicyclic) bond motifs is 1. The zero-order valence-electron chi connectivity index (χ0n) is 15.0. The summed E-state index contributed by atoms with van der Waals surface area (Å²) >= 11 is 3.36. The van der Waals surface area contributed by atoms with Crippen molar-refractivity contribution in [2.75, 3.05) is 17.7 Å². The highest BCUT2D eigenvalue weighted by Gasteiger charge is 2.33. The van der Waals surface area contributed by atoms with E-state index in [0.29, 0.717) is 22.8 Å². The number of rotatable bonds is 4. The Morgan fingerprint density at radius 2 is 1.96 bits per heavy atom. The van der Waals surface area contributed by atoms with E-state index in [2.05, 4.69) is 31.7 Å². The number of hydrogen-bond donors (Lipinski definition) is 2. The van der Waals surface area contributed by atoms with Crippen LogP contribution in [0.3, 0.4) is 0 Å². The monoisotopic (exact) mass is 440 g/mol. The Hall–Kier alpha value is -3.13. The molecule has 0 spiro atoms. The van der Waals surface area contributed by atoms with E-state index in [1.807, 2.05) is 36.4 Å². The standard InChI is InChI=1S/C20H17BrN4O3/c1-28-17-5-3-2-4-14(17)15-11-22-25-16(10-18(26)24-19(15)25)20(27)23-13-8-6-12(21)7-9-13/h2-9,11,16H,10H2,1H3,(H,23,27)(H,24,26). The third-order valence-electron chi connectivity index (χ3n) is 4.54. The average Bonchev–Trinajstić information content (AvgIpc) is 3.12. The van der Waals surface area contributed by atoms with Gasteiger partial charge in [-0.1, -0.05) is 34.1 Å². The van der Waals surface area contributed by atoms with Crippen molar-refractivity contribution in [2.45, 2.75) is 12.5 Å². The summed E-state index contributed by atoms with van der Waals surface area (Å²) in [6.07, 6.45) is 1.65. The van der Waals surface area contributed by atoms with Crippen molar-refractivity contribution in [3.8, 4) is 16.9 Å². The number of carbonyl (C=O) groups excluding carboxylic acids is 2. The van der Waals surface area contributed by atoms with Gasteiger partial charge >= 0.3 is 0 Å². The molecule has 2 aromatic carbocycles. The molecule has 4 rings (SSSR count). The first kappa shape index (κ1) is 18.2. The number of halogens is 1. The van der Waals surface area contributed by atoms with Gasteiger partial charge in [0.25, 0.3) is 0 Å². The topological polar surface area (TPSA) is 85.2 Å². The summed E-state index contributed by atoms with van der Waals surface area (Å²) in [6.45, 7) is 0. The fourth-order valence-corrected chi connectivity index (χ4v) is 3.46. The van der Waals surface area contributed by atoms with E-state index in [4.69, 9.17) is 4.74 Å². The number of aromatic nitrogens is 2. The van der Waals surface area contributed by atoms with Crippen LogP contribution in [0.15, 0.2) is 59.2 Å². The maximum absolute atomic E-state index is 12.8. The van der Waals surface area contributed by atoms with Crippen LogP contribution in [0.1, 0.15) is 12.5 Å². The second-order valence-electron chi connectivity index (χ2n) is 6.32. The second-order valence-corrected chi connectivity index (χ2v) is 7.23. The molecule has 7 nitrogen and oxygen atoms in total. The first-order chi connectivity index (χ1) is 13.6. The molecule has 142 valence electrons. The molecule has 0 radical (unpaired) electrons. The summed E-state index contributed by atoms with van der Waals surface area (Å²) in [6, 6.07) is 14.0. The highest BCUT2D eigenvalue weighted by Crippen LogP contribution is 2.38. The van der Waals surface area contributed by atoms with Crippen molar-refractivity contribution in [2.24, 2.45) is 0 Å². The van der Waals surface area contributed by atoms with E-state index in [1.165, 1.54) is 0 Å². The Bertz CT molecular complexity index is 1050. The maximum Gasteiger partial charge on any atom is 0.249 e. The van der Waals surface area contributed by atoms with E-state index in [-0.39, 0.29) is 18.2 Å². The van der Waals surface area contributed by atoms with E-state index in [1.54, 1.807) is 30.1 Å². The van der Waals surface area contributed by atoms with Crippen LogP contribution in [0.2, 0.25) is 0 Å². The van der Waals surface area contributed by atoms with E-state index >= 15 is 0 Å². The first-order valence-electron chi connectivity index (χ1n) is 8.64. The van der Waals surface area contributed by atoms with Crippen LogP contribution in [0.25, 0.3) is 11.1 Å². The molecule has 2 heterocycles. The van der Waals surface area contributed by atoms with Gasteiger partial charge < -0.3 is 15.4 Å². The third kappa shape index (κ3) is 3.38. The van der Waals surface area contributed by atoms with Gasteiger partial charge in [0.1, 0.15) is 17.6 Å². The van der Waals surface area contributed by atoms with Crippen LogP contribution >= 0.6 is 15.9 Å². The number of nitrogens with one attached hydrogen (secondary N) is 2. The van der Waals surface area contributed by atoms with Gasteiger partial charge in [-0.15, -0.1) is 0 Å². The lowest BCUT2D eigenvalue weighted by Crippen LogP contribution is -2.35. The molecular formula is C20H17BrN4O3. The number of anilines is 2. The summed E-state index contributed by atoms with van der Waals surface area (Å²) in [5, 5.41) is 10.1. The van der Waals surface area contributed by atoms with Crippen molar-refractivity contribution in [3.63, 3.8) is 0 Å². The highest BCUT2D eigenvalue weighted by atomic mass is 79.9. The molecule has 0 bridgehead atoms. The van der Waals surface area contributed by atoms with Crippen molar-refractivity contribution in [3.05, 3.63) is 59.2 Å². The molecule has 0 saturated carbocycles. The Kier molecular flexibility index (Phi) is 4.87. The number of ether oxygens (including phenoxy) is 1. The molecule has 1 aliphatic heterocycles.